The van der Waals surface area contributed by atoms with Gasteiger partial charge in [0.25, 0.3) is 0 Å². The molecule has 0 saturated heterocycles. The van der Waals surface area contributed by atoms with Gasteiger partial charge in [-0.05, 0) is 75.1 Å². The largest absolute Gasteiger partial charge is 0.480 e. The standard InChI is InChI=1S/C30H42N4O4/c1-38-22-21-34(19-6-5-12-25-14-13-23-9-7-18-31-27(23)32-25)20-15-26(28(35)36)33-29(37)30(16-8-17-30)24-10-3-2-4-11-24/h2-4,10-11,13-14,26H,5-9,12,15-22H2,1H3,(H,31,32)(H,33,37)(H,35,36). The molecule has 0 bridgehead atoms. The molecule has 8 nitrogen and oxygen atoms in total. The van der Waals surface area contributed by atoms with Gasteiger partial charge in [0.15, 0.2) is 0 Å². The highest BCUT2D eigenvalue weighted by molar-refractivity contribution is 5.92. The van der Waals surface area contributed by atoms with Gasteiger partial charge in [-0.1, -0.05) is 42.8 Å². The number of anilines is 1. The Bertz CT molecular complexity index is 1060. The number of amides is 1. The number of pyridine rings is 1. The summed E-state index contributed by atoms with van der Waals surface area (Å²) in [7, 11) is 1.68. The van der Waals surface area contributed by atoms with E-state index in [4.69, 9.17) is 9.72 Å². The van der Waals surface area contributed by atoms with Gasteiger partial charge in [-0.2, -0.15) is 0 Å². The van der Waals surface area contributed by atoms with E-state index in [0.29, 0.717) is 19.6 Å². The van der Waals surface area contributed by atoms with Gasteiger partial charge in [-0.3, -0.25) is 4.79 Å². The first kappa shape index (κ1) is 28.0. The Morgan fingerprint density at radius 1 is 1.11 bits per heavy atom. The van der Waals surface area contributed by atoms with Crippen molar-refractivity contribution in [1.29, 1.82) is 0 Å². The molecule has 1 atom stereocenters. The van der Waals surface area contributed by atoms with Crippen molar-refractivity contribution < 1.29 is 19.4 Å². The molecule has 206 valence electrons. The molecule has 3 N–H and O–H groups in total. The number of ether oxygens (including phenoxy) is 1. The lowest BCUT2D eigenvalue weighted by molar-refractivity contribution is -0.144. The van der Waals surface area contributed by atoms with Crippen LogP contribution in [-0.2, 0) is 32.6 Å². The lowest BCUT2D eigenvalue weighted by Gasteiger charge is -2.41. The van der Waals surface area contributed by atoms with Gasteiger partial charge in [0.1, 0.15) is 11.9 Å². The Morgan fingerprint density at radius 3 is 2.63 bits per heavy atom. The summed E-state index contributed by atoms with van der Waals surface area (Å²) >= 11 is 0. The lowest BCUT2D eigenvalue weighted by Crippen LogP contribution is -2.54. The highest BCUT2D eigenvalue weighted by Crippen LogP contribution is 2.44. The number of nitrogens with one attached hydrogen (secondary N) is 2. The van der Waals surface area contributed by atoms with E-state index in [2.05, 4.69) is 27.7 Å². The second-order valence-corrected chi connectivity index (χ2v) is 10.6. The topological polar surface area (TPSA) is 104 Å². The minimum absolute atomic E-state index is 0.169. The lowest BCUT2D eigenvalue weighted by atomic mass is 9.63. The number of hydrogen-bond donors (Lipinski definition) is 3. The van der Waals surface area contributed by atoms with Crippen molar-refractivity contribution in [1.82, 2.24) is 15.2 Å². The van der Waals surface area contributed by atoms with Gasteiger partial charge in [-0.25, -0.2) is 9.78 Å². The van der Waals surface area contributed by atoms with Crippen molar-refractivity contribution in [3.63, 3.8) is 0 Å². The van der Waals surface area contributed by atoms with E-state index in [1.165, 1.54) is 5.56 Å². The zero-order chi connectivity index (χ0) is 26.8. The fraction of sp³-hybridized carbons (Fsp3) is 0.567. The molecule has 0 radical (unpaired) electrons. The quantitative estimate of drug-likeness (QED) is 0.306. The number of rotatable bonds is 15. The molecule has 2 aliphatic rings. The van der Waals surface area contributed by atoms with Gasteiger partial charge >= 0.3 is 5.97 Å². The van der Waals surface area contributed by atoms with E-state index in [1.54, 1.807) is 7.11 Å². The maximum Gasteiger partial charge on any atom is 0.326 e. The van der Waals surface area contributed by atoms with Crippen LogP contribution in [0.2, 0.25) is 0 Å². The van der Waals surface area contributed by atoms with Crippen LogP contribution in [0.4, 0.5) is 5.82 Å². The Labute approximate surface area is 226 Å². The number of carboxylic acids is 1. The summed E-state index contributed by atoms with van der Waals surface area (Å²) in [6, 6.07) is 13.2. The number of aryl methyl sites for hydroxylation is 2. The molecule has 38 heavy (non-hydrogen) atoms. The number of benzene rings is 1. The Morgan fingerprint density at radius 2 is 1.92 bits per heavy atom. The van der Waals surface area contributed by atoms with Crippen LogP contribution >= 0.6 is 0 Å². The van der Waals surface area contributed by atoms with Crippen LogP contribution in [-0.4, -0.2) is 72.8 Å². The number of fused-ring (bicyclic) bond motifs is 1. The predicted molar refractivity (Wildman–Crippen MR) is 148 cm³/mol. The van der Waals surface area contributed by atoms with Crippen molar-refractivity contribution in [2.45, 2.75) is 69.2 Å². The van der Waals surface area contributed by atoms with Crippen LogP contribution in [0.3, 0.4) is 0 Å². The second-order valence-electron chi connectivity index (χ2n) is 10.6. The molecule has 1 aliphatic heterocycles. The number of carbonyl (C=O) groups excluding carboxylic acids is 1. The first-order valence-corrected chi connectivity index (χ1v) is 14.0. The SMILES string of the molecule is COCCN(CCCCc1ccc2c(n1)NCCC2)CCC(NC(=O)C1(c2ccccc2)CCC1)C(=O)O. The van der Waals surface area contributed by atoms with Crippen molar-refractivity contribution in [3.05, 3.63) is 59.3 Å². The number of aliphatic carboxylic acids is 1. The minimum Gasteiger partial charge on any atom is -0.480 e. The van der Waals surface area contributed by atoms with Gasteiger partial charge in [0.05, 0.1) is 12.0 Å². The maximum absolute atomic E-state index is 13.3. The highest BCUT2D eigenvalue weighted by Gasteiger charge is 2.46. The third kappa shape index (κ3) is 7.11. The van der Waals surface area contributed by atoms with E-state index in [1.807, 2.05) is 30.3 Å². The van der Waals surface area contributed by atoms with Crippen LogP contribution in [0, 0.1) is 0 Å². The van der Waals surface area contributed by atoms with Gasteiger partial charge in [0.2, 0.25) is 5.91 Å². The Hall–Kier alpha value is -2.97. The number of carbonyl (C=O) groups is 2. The van der Waals surface area contributed by atoms with E-state index < -0.39 is 17.4 Å². The summed E-state index contributed by atoms with van der Waals surface area (Å²) in [6.45, 7) is 3.73. The van der Waals surface area contributed by atoms with Crippen LogP contribution in [0.1, 0.15) is 61.8 Å². The molecule has 1 aliphatic carbocycles. The normalized spacial score (nSPS) is 16.7. The number of hydrogen-bond acceptors (Lipinski definition) is 6. The summed E-state index contributed by atoms with van der Waals surface area (Å²) in [5, 5.41) is 16.2. The number of carboxylic acid groups (broad SMARTS) is 1. The molecule has 1 amide bonds. The molecule has 1 unspecified atom stereocenters. The molecular formula is C30H42N4O4. The fourth-order valence-electron chi connectivity index (χ4n) is 5.51. The Kier molecular flexibility index (Phi) is 10.1. The average molecular weight is 523 g/mol. The summed E-state index contributed by atoms with van der Waals surface area (Å²) in [6.07, 6.45) is 8.00. The zero-order valence-corrected chi connectivity index (χ0v) is 22.6. The highest BCUT2D eigenvalue weighted by atomic mass is 16.5. The van der Waals surface area contributed by atoms with Crippen LogP contribution in [0.5, 0.6) is 0 Å². The molecule has 1 saturated carbocycles. The molecule has 1 aromatic carbocycles. The molecule has 0 spiro atoms. The molecule has 2 heterocycles. The van der Waals surface area contributed by atoms with Crippen molar-refractivity contribution in [3.8, 4) is 0 Å². The minimum atomic E-state index is -0.986. The summed E-state index contributed by atoms with van der Waals surface area (Å²) in [5.41, 5.74) is 2.78. The van der Waals surface area contributed by atoms with Crippen LogP contribution in [0.25, 0.3) is 0 Å². The Balaban J connectivity index is 1.27. The summed E-state index contributed by atoms with van der Waals surface area (Å²) in [4.78, 5) is 32.4. The maximum atomic E-state index is 13.3. The van der Waals surface area contributed by atoms with Crippen LogP contribution in [0.15, 0.2) is 42.5 Å². The van der Waals surface area contributed by atoms with Crippen molar-refractivity contribution >= 4 is 17.7 Å². The number of nitrogens with zero attached hydrogens (tertiary/aromatic N) is 2. The summed E-state index contributed by atoms with van der Waals surface area (Å²) < 4.78 is 5.29. The molecule has 1 fully saturated rings. The molecular weight excluding hydrogens is 480 g/mol. The molecule has 2 aromatic rings. The van der Waals surface area contributed by atoms with Gasteiger partial charge in [0, 0.05) is 32.4 Å². The number of unbranched alkanes of at least 4 members (excludes halogenated alkanes) is 1. The van der Waals surface area contributed by atoms with Gasteiger partial charge in [-0.15, -0.1) is 0 Å². The monoisotopic (exact) mass is 522 g/mol. The number of methoxy groups -OCH3 is 1. The fourth-order valence-corrected chi connectivity index (χ4v) is 5.51. The van der Waals surface area contributed by atoms with E-state index in [-0.39, 0.29) is 5.91 Å². The third-order valence-corrected chi connectivity index (χ3v) is 8.03. The average Bonchev–Trinajstić information content (AvgIpc) is 2.91. The molecule has 8 heteroatoms. The number of aromatic nitrogens is 1. The van der Waals surface area contributed by atoms with Crippen molar-refractivity contribution in [2.75, 3.05) is 45.2 Å². The molecule has 4 rings (SSSR count). The van der Waals surface area contributed by atoms with E-state index in [0.717, 1.165) is 88.1 Å². The van der Waals surface area contributed by atoms with Crippen LogP contribution < -0.4 is 10.6 Å². The third-order valence-electron chi connectivity index (χ3n) is 8.03. The van der Waals surface area contributed by atoms with Crippen molar-refractivity contribution in [2.24, 2.45) is 0 Å². The first-order valence-electron chi connectivity index (χ1n) is 14.0. The predicted octanol–water partition coefficient (Wildman–Crippen LogP) is 3.79. The van der Waals surface area contributed by atoms with Gasteiger partial charge < -0.3 is 25.4 Å². The van der Waals surface area contributed by atoms with E-state index in [9.17, 15) is 14.7 Å². The molecule has 1 aromatic heterocycles. The smallest absolute Gasteiger partial charge is 0.326 e. The summed E-state index contributed by atoms with van der Waals surface area (Å²) in [5.74, 6) is -0.120. The zero-order valence-electron chi connectivity index (χ0n) is 22.6. The second kappa shape index (κ2) is 13.7. The van der Waals surface area contributed by atoms with E-state index >= 15 is 0 Å². The first-order chi connectivity index (χ1) is 18.5.